The van der Waals surface area contributed by atoms with Crippen LogP contribution in [0.25, 0.3) is 5.69 Å². The molecule has 1 N–H and O–H groups in total. The average Bonchev–Trinajstić information content (AvgIpc) is 3.18. The summed E-state index contributed by atoms with van der Waals surface area (Å²) in [4.78, 5) is 18.1. The molecule has 1 saturated heterocycles. The molecule has 1 aromatic carbocycles. The van der Waals surface area contributed by atoms with Crippen molar-refractivity contribution in [2.24, 2.45) is 0 Å². The first kappa shape index (κ1) is 21.1. The molecule has 2 aliphatic rings. The van der Waals surface area contributed by atoms with Gasteiger partial charge < -0.3 is 5.32 Å². The number of aromatic nitrogens is 2. The maximum atomic E-state index is 12.6. The van der Waals surface area contributed by atoms with E-state index in [9.17, 15) is 4.79 Å². The zero-order chi connectivity index (χ0) is 21.1. The number of fused-ring (bicyclic) bond motifs is 1. The molecule has 6 heteroatoms. The summed E-state index contributed by atoms with van der Waals surface area (Å²) in [5, 5.41) is 9.83. The Kier molecular flexibility index (Phi) is 6.25. The van der Waals surface area contributed by atoms with Crippen LogP contribution in [0.3, 0.4) is 0 Å². The molecule has 6 nitrogen and oxygen atoms in total. The number of carbonyl (C=O) groups excluding carboxylic acids is 1. The molecule has 2 heterocycles. The Morgan fingerprint density at radius 3 is 2.70 bits per heavy atom. The van der Waals surface area contributed by atoms with E-state index in [1.807, 2.05) is 15.9 Å². The third-order valence-corrected chi connectivity index (χ3v) is 6.16. The van der Waals surface area contributed by atoms with E-state index in [0.29, 0.717) is 13.0 Å². The van der Waals surface area contributed by atoms with Crippen molar-refractivity contribution < 1.29 is 9.63 Å². The fourth-order valence-electron chi connectivity index (χ4n) is 4.35. The molecule has 30 heavy (non-hydrogen) atoms. The molecule has 0 radical (unpaired) electrons. The number of nitrogens with zero attached hydrogens (tertiary/aromatic N) is 3. The normalized spacial score (nSPS) is 20.0. The summed E-state index contributed by atoms with van der Waals surface area (Å²) in [6.07, 6.45) is 7.66. The molecule has 1 aliphatic heterocycles. The van der Waals surface area contributed by atoms with Gasteiger partial charge in [-0.2, -0.15) is 10.2 Å². The lowest BCUT2D eigenvalue weighted by atomic mass is 9.87. The summed E-state index contributed by atoms with van der Waals surface area (Å²) in [7, 11) is 0. The van der Waals surface area contributed by atoms with Crippen molar-refractivity contribution in [1.82, 2.24) is 20.2 Å². The van der Waals surface area contributed by atoms with Gasteiger partial charge in [0.1, 0.15) is 0 Å². The minimum absolute atomic E-state index is 0.0473. The van der Waals surface area contributed by atoms with Gasteiger partial charge in [0.2, 0.25) is 5.91 Å². The lowest BCUT2D eigenvalue weighted by molar-refractivity contribution is -0.181. The van der Waals surface area contributed by atoms with Gasteiger partial charge in [-0.05, 0) is 55.2 Å². The van der Waals surface area contributed by atoms with Crippen molar-refractivity contribution in [2.45, 2.75) is 70.8 Å². The molecule has 4 rings (SSSR count). The molecule has 0 spiro atoms. The van der Waals surface area contributed by atoms with Gasteiger partial charge in [-0.15, -0.1) is 0 Å². The number of carbonyl (C=O) groups is 1. The number of hydroxylamine groups is 2. The second-order valence-electron chi connectivity index (χ2n) is 9.49. The first-order valence-electron chi connectivity index (χ1n) is 11.3. The second kappa shape index (κ2) is 8.90. The van der Waals surface area contributed by atoms with Crippen molar-refractivity contribution in [3.8, 4) is 5.69 Å². The summed E-state index contributed by atoms with van der Waals surface area (Å²) in [6, 6.07) is 8.72. The Hall–Kier alpha value is -2.18. The standard InChI is InChI=1S/C24H34N4O2/c1-24(2,3)18-9-11-19(12-10-18)28-22-8-6-7-21(20(22)17-25-28)26-23(29)13-15-27-14-4-5-16-30-27/h9-12,17,21H,4-8,13-16H2,1-3H3,(H,26,29)/t21-/m0/s1. The van der Waals surface area contributed by atoms with Crippen LogP contribution in [0.15, 0.2) is 30.5 Å². The highest BCUT2D eigenvalue weighted by molar-refractivity contribution is 5.76. The number of hydrogen-bond donors (Lipinski definition) is 1. The Labute approximate surface area is 179 Å². The summed E-state index contributed by atoms with van der Waals surface area (Å²) in [5.74, 6) is 0.0873. The predicted octanol–water partition coefficient (Wildman–Crippen LogP) is 4.08. The van der Waals surface area contributed by atoms with Crippen LogP contribution in [0.5, 0.6) is 0 Å². The lowest BCUT2D eigenvalue weighted by Crippen LogP contribution is -2.36. The minimum atomic E-state index is 0.0473. The molecule has 1 fully saturated rings. The van der Waals surface area contributed by atoms with Gasteiger partial charge >= 0.3 is 0 Å². The van der Waals surface area contributed by atoms with E-state index in [2.05, 4.69) is 55.5 Å². The van der Waals surface area contributed by atoms with Gasteiger partial charge in [-0.1, -0.05) is 32.9 Å². The Balaban J connectivity index is 1.42. The highest BCUT2D eigenvalue weighted by Gasteiger charge is 2.26. The molecule has 2 aromatic rings. The largest absolute Gasteiger partial charge is 0.349 e. The Morgan fingerprint density at radius 1 is 1.20 bits per heavy atom. The van der Waals surface area contributed by atoms with Crippen molar-refractivity contribution >= 4 is 5.91 Å². The van der Waals surface area contributed by atoms with Crippen molar-refractivity contribution in [1.29, 1.82) is 0 Å². The van der Waals surface area contributed by atoms with Crippen molar-refractivity contribution in [2.75, 3.05) is 19.7 Å². The molecule has 162 valence electrons. The molecular weight excluding hydrogens is 376 g/mol. The molecule has 1 aliphatic carbocycles. The summed E-state index contributed by atoms with van der Waals surface area (Å²) in [5.41, 5.74) is 4.91. The molecule has 0 saturated carbocycles. The maximum Gasteiger partial charge on any atom is 0.221 e. The molecule has 1 amide bonds. The third-order valence-electron chi connectivity index (χ3n) is 6.16. The maximum absolute atomic E-state index is 12.6. The smallest absolute Gasteiger partial charge is 0.221 e. The topological polar surface area (TPSA) is 59.4 Å². The van der Waals surface area contributed by atoms with E-state index in [1.54, 1.807) is 0 Å². The average molecular weight is 411 g/mol. The zero-order valence-corrected chi connectivity index (χ0v) is 18.5. The van der Waals surface area contributed by atoms with E-state index in [0.717, 1.165) is 56.5 Å². The monoisotopic (exact) mass is 410 g/mol. The van der Waals surface area contributed by atoms with E-state index in [1.165, 1.54) is 11.3 Å². The Bertz CT molecular complexity index is 860. The highest BCUT2D eigenvalue weighted by Crippen LogP contribution is 2.32. The van der Waals surface area contributed by atoms with Gasteiger partial charge in [0.15, 0.2) is 0 Å². The molecule has 0 bridgehead atoms. The number of nitrogens with one attached hydrogen (secondary N) is 1. The molecular formula is C24H34N4O2. The van der Waals surface area contributed by atoms with Crippen LogP contribution >= 0.6 is 0 Å². The SMILES string of the molecule is CC(C)(C)c1ccc(-n2ncc3c2CCC[C@@H]3NC(=O)CCN2CCCCO2)cc1. The van der Waals surface area contributed by atoms with Gasteiger partial charge in [0, 0.05) is 30.8 Å². The van der Waals surface area contributed by atoms with E-state index in [4.69, 9.17) is 4.84 Å². The highest BCUT2D eigenvalue weighted by atomic mass is 16.7. The van der Waals surface area contributed by atoms with Crippen LogP contribution in [0.2, 0.25) is 0 Å². The number of hydrogen-bond acceptors (Lipinski definition) is 4. The third kappa shape index (κ3) is 4.76. The second-order valence-corrected chi connectivity index (χ2v) is 9.49. The van der Waals surface area contributed by atoms with Crippen LogP contribution in [-0.2, 0) is 21.5 Å². The fourth-order valence-corrected chi connectivity index (χ4v) is 4.35. The Morgan fingerprint density at radius 2 is 2.00 bits per heavy atom. The van der Waals surface area contributed by atoms with Crippen LogP contribution in [-0.4, -0.2) is 40.4 Å². The van der Waals surface area contributed by atoms with Crippen LogP contribution < -0.4 is 5.32 Å². The van der Waals surface area contributed by atoms with Crippen molar-refractivity contribution in [3.05, 3.63) is 47.3 Å². The quantitative estimate of drug-likeness (QED) is 0.807. The van der Waals surface area contributed by atoms with Gasteiger partial charge in [-0.25, -0.2) is 4.68 Å². The fraction of sp³-hybridized carbons (Fsp3) is 0.583. The first-order valence-corrected chi connectivity index (χ1v) is 11.3. The zero-order valence-electron chi connectivity index (χ0n) is 18.5. The lowest BCUT2D eigenvalue weighted by Gasteiger charge is -2.27. The predicted molar refractivity (Wildman–Crippen MR) is 117 cm³/mol. The van der Waals surface area contributed by atoms with Crippen molar-refractivity contribution in [3.63, 3.8) is 0 Å². The van der Waals surface area contributed by atoms with E-state index < -0.39 is 0 Å². The van der Waals surface area contributed by atoms with E-state index >= 15 is 0 Å². The number of benzene rings is 1. The minimum Gasteiger partial charge on any atom is -0.349 e. The first-order chi connectivity index (χ1) is 14.4. The molecule has 0 unspecified atom stereocenters. The van der Waals surface area contributed by atoms with Gasteiger partial charge in [0.05, 0.1) is 24.5 Å². The van der Waals surface area contributed by atoms with Crippen LogP contribution in [0.1, 0.15) is 75.7 Å². The summed E-state index contributed by atoms with van der Waals surface area (Å²) < 4.78 is 2.04. The number of rotatable bonds is 5. The van der Waals surface area contributed by atoms with E-state index in [-0.39, 0.29) is 17.4 Å². The summed E-state index contributed by atoms with van der Waals surface area (Å²) in [6.45, 7) is 9.02. The number of amides is 1. The molecule has 1 aromatic heterocycles. The van der Waals surface area contributed by atoms with Gasteiger partial charge in [0.25, 0.3) is 0 Å². The van der Waals surface area contributed by atoms with Gasteiger partial charge in [-0.3, -0.25) is 9.63 Å². The van der Waals surface area contributed by atoms with Crippen LogP contribution in [0, 0.1) is 0 Å². The molecule has 1 atom stereocenters. The summed E-state index contributed by atoms with van der Waals surface area (Å²) >= 11 is 0. The van der Waals surface area contributed by atoms with Crippen LogP contribution in [0.4, 0.5) is 0 Å².